The van der Waals surface area contributed by atoms with E-state index in [0.717, 1.165) is 33.4 Å². The largest absolute Gasteiger partial charge is 0.456 e. The van der Waals surface area contributed by atoms with Gasteiger partial charge in [-0.05, 0) is 181 Å². The number of benzene rings is 16. The number of hydrogen-bond acceptors (Lipinski definition) is 2. The molecule has 2 heterocycles. The molecule has 0 unspecified atom stereocenters. The zero-order valence-corrected chi connectivity index (χ0v) is 46.3. The van der Waals surface area contributed by atoms with Crippen molar-refractivity contribution in [1.29, 1.82) is 0 Å². The molecule has 2 nitrogen and oxygen atoms in total. The summed E-state index contributed by atoms with van der Waals surface area (Å²) in [4.78, 5) is 0. The van der Waals surface area contributed by atoms with Crippen molar-refractivity contribution in [3.8, 4) is 89.0 Å². The molecular formula is C88H56O2. The molecule has 0 radical (unpaired) electrons. The van der Waals surface area contributed by atoms with Gasteiger partial charge in [-0.2, -0.15) is 0 Å². The van der Waals surface area contributed by atoms with Gasteiger partial charge in [0, 0.05) is 27.1 Å². The van der Waals surface area contributed by atoms with E-state index in [1.165, 1.54) is 0 Å². The fourth-order valence-corrected chi connectivity index (χ4v) is 11.6. The predicted octanol–water partition coefficient (Wildman–Crippen LogP) is 25.1. The van der Waals surface area contributed by atoms with Crippen LogP contribution < -0.4 is 0 Å². The fraction of sp³-hybridized carbons (Fsp3) is 0. The molecule has 0 bridgehead atoms. The summed E-state index contributed by atoms with van der Waals surface area (Å²) >= 11 is 0. The van der Waals surface area contributed by atoms with E-state index in [9.17, 15) is 11.0 Å². The maximum atomic E-state index is 9.66. The highest BCUT2D eigenvalue weighted by atomic mass is 16.3. The maximum Gasteiger partial charge on any atom is 0.143 e. The van der Waals surface area contributed by atoms with Gasteiger partial charge in [-0.3, -0.25) is 0 Å². The second-order valence-electron chi connectivity index (χ2n) is 20.5. The molecule has 0 aliphatic heterocycles. The monoisotopic (exact) mass is 1180 g/mol. The Kier molecular flexibility index (Phi) is 6.66. The third kappa shape index (κ3) is 9.12. The SMILES string of the molecule is [2H]c1c([2H])c([2H])c(-c2c([2H])c([2H])c3c(oc4c([2H])c([2H])c(-c5c6c([2H])c([2H])c([2H])c([2H])c6c(-c6c([2H])c([2H])c([2H])c([2H])c6[2H])c6c([2H])c([2H])c([2H])c([2H])c56)c([2H])c43)c2[2H])c([2H])c1[2H].[2H]c1c([2H])c([2H])c(-c2c3c([2H])c([2H])c([2H])c([2H])c3c(-c3ccc4oc5c(-c6ccccc6)cc(-c6cccc(-c7ccccc7)c6)cc5c4c3)c3c([2H])c([2H])c([2H])c([2H])c23)c([2H])c1[2H]. The molecule has 90 heavy (non-hydrogen) atoms. The van der Waals surface area contributed by atoms with Crippen LogP contribution in [0.2, 0.25) is 0 Å². The minimum atomic E-state index is -0.931. The standard InChI is InChI=1S/C50H32O.C38H24O/c1-4-15-33(16-5-1)36-21-14-22-37(29-36)39-31-44(34-17-6-2-7-18-34)50-46(32-39)45-30-38(27-28-47(45)51-50)49-42-25-12-10-23-40(42)48(35-19-8-3-9-20-35)41-24-11-13-26-43(41)49;1-3-11-25(12-4-1)27-19-21-29-34-23-28(20-22-35(34)39-36(29)24-27)38-32-17-9-7-15-30(32)37(26-13-5-2-6-14-26)31-16-8-10-18-33(31)38/h1-32H;1-24H/i3D,8D,9D,10D,11D,12D,13D,19D,20D,23D,24D,25D,26D;1D,2D,3D,4D,5D,6D,7D,8D,9D,10D,11D,12D,13D,14D,15D,16D,17D,18D,19D,20D,21D,22D,23D,24D. The lowest BCUT2D eigenvalue weighted by Crippen LogP contribution is -1.90. The van der Waals surface area contributed by atoms with E-state index in [4.69, 9.17) is 48.6 Å². The van der Waals surface area contributed by atoms with Crippen LogP contribution in [0.3, 0.4) is 0 Å². The number of furan rings is 2. The first kappa shape index (κ1) is 27.0. The van der Waals surface area contributed by atoms with Gasteiger partial charge >= 0.3 is 0 Å². The number of hydrogen-bond donors (Lipinski definition) is 0. The van der Waals surface area contributed by atoms with E-state index < -0.39 is 306 Å². The van der Waals surface area contributed by atoms with Crippen molar-refractivity contribution < 1.29 is 59.6 Å². The molecule has 0 saturated heterocycles. The molecule has 2 heteroatoms. The molecule has 0 fully saturated rings. The Bertz CT molecular complexity index is 7830. The van der Waals surface area contributed by atoms with Crippen molar-refractivity contribution >= 4 is 87.0 Å². The lowest BCUT2D eigenvalue weighted by Gasteiger charge is -2.17. The Balaban J connectivity index is 0.000000179. The van der Waals surface area contributed by atoms with E-state index in [1.54, 1.807) is 18.2 Å². The van der Waals surface area contributed by atoms with Crippen molar-refractivity contribution in [3.63, 3.8) is 0 Å². The summed E-state index contributed by atoms with van der Waals surface area (Å²) in [6.07, 6.45) is 0. The summed E-state index contributed by atoms with van der Waals surface area (Å²) in [6, 6.07) is 7.95. The third-order valence-electron chi connectivity index (χ3n) is 15.5. The Morgan fingerprint density at radius 1 is 0.200 bits per heavy atom. The lowest BCUT2D eigenvalue weighted by atomic mass is 9.85. The summed E-state index contributed by atoms with van der Waals surface area (Å²) in [7, 11) is 0. The van der Waals surface area contributed by atoms with Crippen molar-refractivity contribution in [2.24, 2.45) is 0 Å². The Morgan fingerprint density at radius 2 is 0.644 bits per heavy atom. The molecule has 0 aliphatic rings. The second kappa shape index (κ2) is 22.1. The highest BCUT2D eigenvalue weighted by Crippen LogP contribution is 2.48. The molecule has 0 amide bonds. The minimum absolute atomic E-state index is 0.0476. The van der Waals surface area contributed by atoms with Gasteiger partial charge in [0.05, 0.1) is 50.7 Å². The Labute approximate surface area is 573 Å². The van der Waals surface area contributed by atoms with Crippen LogP contribution in [0.5, 0.6) is 0 Å². The van der Waals surface area contributed by atoms with E-state index in [0.29, 0.717) is 27.5 Å². The summed E-state index contributed by atoms with van der Waals surface area (Å²) in [5.41, 5.74) is 1.13. The molecule has 420 valence electrons. The van der Waals surface area contributed by atoms with Gasteiger partial charge < -0.3 is 8.83 Å². The van der Waals surface area contributed by atoms with Crippen LogP contribution in [0.15, 0.2) is 348 Å². The Hall–Kier alpha value is -11.8. The van der Waals surface area contributed by atoms with Crippen molar-refractivity contribution in [2.45, 2.75) is 0 Å². The topological polar surface area (TPSA) is 26.3 Å². The van der Waals surface area contributed by atoms with Crippen LogP contribution in [0.4, 0.5) is 0 Å². The normalized spacial score (nSPS) is 17.3. The van der Waals surface area contributed by atoms with E-state index in [-0.39, 0.29) is 32.7 Å². The summed E-state index contributed by atoms with van der Waals surface area (Å²) < 4.78 is 339. The maximum absolute atomic E-state index is 9.66. The van der Waals surface area contributed by atoms with Gasteiger partial charge in [0.2, 0.25) is 0 Å². The van der Waals surface area contributed by atoms with Crippen LogP contribution in [0.25, 0.3) is 176 Å². The highest BCUT2D eigenvalue weighted by molar-refractivity contribution is 6.24. The van der Waals surface area contributed by atoms with Gasteiger partial charge in [0.25, 0.3) is 0 Å². The molecule has 16 aromatic carbocycles. The molecule has 0 saturated carbocycles. The minimum Gasteiger partial charge on any atom is -0.456 e. The molecule has 0 N–H and O–H groups in total. The predicted molar refractivity (Wildman–Crippen MR) is 381 cm³/mol. The van der Waals surface area contributed by atoms with E-state index in [2.05, 4.69) is 18.2 Å². The molecule has 0 atom stereocenters. The van der Waals surface area contributed by atoms with Crippen molar-refractivity contribution in [3.05, 3.63) is 339 Å². The zero-order valence-electron chi connectivity index (χ0n) is 83.3. The first-order chi connectivity index (χ1) is 60.0. The number of rotatable bonds is 8. The molecule has 0 aliphatic carbocycles. The summed E-state index contributed by atoms with van der Waals surface area (Å²) in [5.74, 6) is 0. The zero-order chi connectivity index (χ0) is 91.7. The molecular weight excluding hydrogens is 1090 g/mol. The second-order valence-corrected chi connectivity index (χ2v) is 20.5. The summed E-state index contributed by atoms with van der Waals surface area (Å²) in [5, 5.41) is -3.08. The fourth-order valence-electron chi connectivity index (χ4n) is 11.6. The highest BCUT2D eigenvalue weighted by Gasteiger charge is 2.22. The van der Waals surface area contributed by atoms with Gasteiger partial charge in [-0.25, -0.2) is 0 Å². The molecule has 2 aromatic heterocycles. The van der Waals surface area contributed by atoms with Crippen LogP contribution in [0, 0.1) is 0 Å². The summed E-state index contributed by atoms with van der Waals surface area (Å²) in [6.45, 7) is 0. The van der Waals surface area contributed by atoms with Crippen LogP contribution >= 0.6 is 0 Å². The lowest BCUT2D eigenvalue weighted by molar-refractivity contribution is 0.669. The van der Waals surface area contributed by atoms with Crippen LogP contribution in [0.1, 0.15) is 50.7 Å². The van der Waals surface area contributed by atoms with Crippen molar-refractivity contribution in [2.75, 3.05) is 0 Å². The van der Waals surface area contributed by atoms with Gasteiger partial charge in [0.1, 0.15) is 22.3 Å². The smallest absolute Gasteiger partial charge is 0.143 e. The van der Waals surface area contributed by atoms with Gasteiger partial charge in [0.15, 0.2) is 0 Å². The average molecular weight is 1180 g/mol. The quantitative estimate of drug-likeness (QED) is 0.142. The molecule has 18 aromatic rings. The first-order valence-electron chi connectivity index (χ1n) is 46.4. The van der Waals surface area contributed by atoms with Crippen LogP contribution in [-0.2, 0) is 0 Å². The third-order valence-corrected chi connectivity index (χ3v) is 15.5. The van der Waals surface area contributed by atoms with E-state index in [1.807, 2.05) is 78.9 Å². The average Bonchev–Trinajstić information content (AvgIpc) is 1.16. The van der Waals surface area contributed by atoms with Gasteiger partial charge in [-0.15, -0.1) is 0 Å². The Morgan fingerprint density at radius 3 is 1.19 bits per heavy atom. The van der Waals surface area contributed by atoms with Gasteiger partial charge in [-0.1, -0.05) is 284 Å². The molecule has 0 spiro atoms. The van der Waals surface area contributed by atoms with E-state index >= 15 is 0 Å². The number of fused-ring (bicyclic) bond motifs is 10. The van der Waals surface area contributed by atoms with Crippen molar-refractivity contribution in [1.82, 2.24) is 0 Å². The molecule has 18 rings (SSSR count). The first-order valence-corrected chi connectivity index (χ1v) is 27.9. The van der Waals surface area contributed by atoms with Crippen LogP contribution in [-0.4, -0.2) is 0 Å².